The summed E-state index contributed by atoms with van der Waals surface area (Å²) in [5.41, 5.74) is 3.69. The maximum absolute atomic E-state index is 12.1. The minimum atomic E-state index is 0. The third-order valence-corrected chi connectivity index (χ3v) is 6.82. The van der Waals surface area contributed by atoms with E-state index in [2.05, 4.69) is 31.9 Å². The maximum Gasteiger partial charge on any atom is 0.227 e. The summed E-state index contributed by atoms with van der Waals surface area (Å²) in [6, 6.07) is 22.8. The molecule has 0 saturated heterocycles. The number of hydrogen-bond acceptors (Lipinski definition) is 4. The van der Waals surface area contributed by atoms with Crippen molar-refractivity contribution >= 4 is 54.8 Å². The highest BCUT2D eigenvalue weighted by atomic mass is 79.9. The van der Waals surface area contributed by atoms with Crippen LogP contribution in [-0.4, -0.2) is 56.2 Å². The smallest absolute Gasteiger partial charge is 0.227 e. The van der Waals surface area contributed by atoms with Crippen molar-refractivity contribution in [1.29, 1.82) is 0 Å². The molecule has 236 valence electrons. The molecule has 13 heteroatoms. The Bertz CT molecular complexity index is 1250. The fourth-order valence-electron chi connectivity index (χ4n) is 3.49. The normalized spacial score (nSPS) is 9.07. The van der Waals surface area contributed by atoms with E-state index in [1.165, 1.54) is 0 Å². The second-order valence-corrected chi connectivity index (χ2v) is 10.9. The first-order valence-electron chi connectivity index (χ1n) is 12.0. The van der Waals surface area contributed by atoms with Gasteiger partial charge in [0.2, 0.25) is 24.7 Å². The van der Waals surface area contributed by atoms with Gasteiger partial charge in [-0.05, 0) is 24.3 Å². The predicted molar refractivity (Wildman–Crippen MR) is 170 cm³/mol. The van der Waals surface area contributed by atoms with Crippen molar-refractivity contribution in [1.82, 2.24) is 0 Å². The molecule has 0 radical (unpaired) electrons. The standard InChI is InChI=1S/2C15H16BrN2O.2BrH.3H2O/c2*1-17(2)14-7-9-18(10-8-14)11-15(19)12-3-5-13(16)6-4-12;;;;;/h2*3-10H,11H2,1-2H3;2*1H;3*1H2/q2*+1;;;;;/p-2. The maximum atomic E-state index is 12.1. The Kier molecular flexibility index (Phi) is 23.0. The van der Waals surface area contributed by atoms with Crippen LogP contribution in [0.4, 0.5) is 11.4 Å². The molecule has 0 aliphatic heterocycles. The number of anilines is 2. The topological polar surface area (TPSA) is 143 Å². The Morgan fingerprint density at radius 3 is 1.02 bits per heavy atom. The molecule has 0 atom stereocenters. The van der Waals surface area contributed by atoms with Crippen molar-refractivity contribution in [2.45, 2.75) is 13.1 Å². The molecule has 4 aromatic rings. The van der Waals surface area contributed by atoms with Gasteiger partial charge in [-0.15, -0.1) is 0 Å². The lowest BCUT2D eigenvalue weighted by atomic mass is 10.1. The van der Waals surface area contributed by atoms with Crippen LogP contribution < -0.4 is 52.9 Å². The van der Waals surface area contributed by atoms with Crippen LogP contribution >= 0.6 is 31.9 Å². The third kappa shape index (κ3) is 14.7. The van der Waals surface area contributed by atoms with E-state index in [4.69, 9.17) is 0 Å². The Balaban J connectivity index is -0.000000667. The van der Waals surface area contributed by atoms with E-state index in [0.29, 0.717) is 13.1 Å². The van der Waals surface area contributed by atoms with Crippen molar-refractivity contribution in [3.63, 3.8) is 0 Å². The molecule has 0 aliphatic rings. The summed E-state index contributed by atoms with van der Waals surface area (Å²) in [4.78, 5) is 28.3. The number of aromatic nitrogens is 2. The molecule has 0 amide bonds. The van der Waals surface area contributed by atoms with Crippen LogP contribution in [0.1, 0.15) is 20.7 Å². The first kappa shape index (κ1) is 44.9. The van der Waals surface area contributed by atoms with Crippen molar-refractivity contribution < 1.29 is 69.1 Å². The van der Waals surface area contributed by atoms with Crippen LogP contribution in [0.15, 0.2) is 107 Å². The zero-order valence-electron chi connectivity index (χ0n) is 24.3. The number of hydrogen-bond donors (Lipinski definition) is 0. The molecule has 43 heavy (non-hydrogen) atoms. The Labute approximate surface area is 290 Å². The number of benzene rings is 2. The summed E-state index contributed by atoms with van der Waals surface area (Å²) >= 11 is 6.72. The number of ketones is 2. The van der Waals surface area contributed by atoms with Crippen LogP contribution in [-0.2, 0) is 13.1 Å². The number of carbonyl (C=O) groups excluding carboxylic acids is 2. The SMILES string of the molecule is CN(C)c1cc[n+](CC(=O)c2ccc(Br)cc2)cc1.CN(C)c1cc[n+](CC(=O)c2ccc(Br)cc2)cc1.O.O.O.[Br-].[Br-]. The molecule has 6 N–H and O–H groups in total. The molecular weight excluding hydrogens is 816 g/mol. The summed E-state index contributed by atoms with van der Waals surface area (Å²) in [7, 11) is 7.97. The highest BCUT2D eigenvalue weighted by Gasteiger charge is 2.13. The number of pyridine rings is 2. The molecule has 0 bridgehead atoms. The number of halogens is 4. The van der Waals surface area contributed by atoms with Gasteiger partial charge < -0.3 is 60.2 Å². The lowest BCUT2D eigenvalue weighted by Gasteiger charge is -2.10. The van der Waals surface area contributed by atoms with E-state index in [-0.39, 0.29) is 62.0 Å². The largest absolute Gasteiger partial charge is 1.00 e. The fourth-order valence-corrected chi connectivity index (χ4v) is 4.02. The number of rotatable bonds is 8. The molecule has 0 unspecified atom stereocenters. The predicted octanol–water partition coefficient (Wildman–Crippen LogP) is -3.10. The number of nitrogens with zero attached hydrogens (tertiary/aromatic N) is 4. The number of carbonyl (C=O) groups is 2. The molecule has 9 nitrogen and oxygen atoms in total. The second-order valence-electron chi connectivity index (χ2n) is 9.11. The van der Waals surface area contributed by atoms with E-state index in [9.17, 15) is 9.59 Å². The summed E-state index contributed by atoms with van der Waals surface area (Å²) in [6.07, 6.45) is 7.69. The van der Waals surface area contributed by atoms with Crippen LogP contribution in [0.2, 0.25) is 0 Å². The van der Waals surface area contributed by atoms with E-state index in [1.807, 2.05) is 145 Å². The molecule has 0 aliphatic carbocycles. The minimum absolute atomic E-state index is 0. The first-order valence-corrected chi connectivity index (χ1v) is 13.6. The van der Waals surface area contributed by atoms with Crippen molar-refractivity contribution in [2.75, 3.05) is 38.0 Å². The minimum Gasteiger partial charge on any atom is -1.00 e. The average Bonchev–Trinajstić information content (AvgIpc) is 2.90. The highest BCUT2D eigenvalue weighted by Crippen LogP contribution is 2.12. The average molecular weight is 854 g/mol. The van der Waals surface area contributed by atoms with Crippen LogP contribution in [0, 0.1) is 0 Å². The van der Waals surface area contributed by atoms with Gasteiger partial charge in [-0.3, -0.25) is 9.59 Å². The quantitative estimate of drug-likeness (QED) is 0.137. The Morgan fingerprint density at radius 1 is 0.535 bits per heavy atom. The summed E-state index contributed by atoms with van der Waals surface area (Å²) in [5, 5.41) is 0. The Hall–Kier alpha value is -2.52. The van der Waals surface area contributed by atoms with Crippen LogP contribution in [0.25, 0.3) is 0 Å². The second kappa shape index (κ2) is 22.1. The molecule has 2 aromatic carbocycles. The molecule has 4 rings (SSSR count). The first-order chi connectivity index (χ1) is 18.1. The molecular formula is C30H38Br4N4O5. The zero-order chi connectivity index (χ0) is 27.7. The van der Waals surface area contributed by atoms with Crippen molar-refractivity contribution in [3.05, 3.63) is 118 Å². The molecule has 2 heterocycles. The lowest BCUT2D eigenvalue weighted by Crippen LogP contribution is -3.00. The van der Waals surface area contributed by atoms with Crippen LogP contribution in [0.3, 0.4) is 0 Å². The van der Waals surface area contributed by atoms with Gasteiger partial charge in [-0.2, -0.15) is 9.13 Å². The fraction of sp³-hybridized carbons (Fsp3) is 0.200. The summed E-state index contributed by atoms with van der Waals surface area (Å²) in [6.45, 7) is 0.713. The lowest BCUT2D eigenvalue weighted by molar-refractivity contribution is -0.683. The van der Waals surface area contributed by atoms with Gasteiger partial charge in [-0.25, -0.2) is 0 Å². The van der Waals surface area contributed by atoms with Crippen molar-refractivity contribution in [3.8, 4) is 0 Å². The van der Waals surface area contributed by atoms with Crippen LogP contribution in [0.5, 0.6) is 0 Å². The zero-order valence-corrected chi connectivity index (χ0v) is 30.6. The third-order valence-electron chi connectivity index (χ3n) is 5.76. The van der Waals surface area contributed by atoms with Gasteiger partial charge in [0.05, 0.1) is 0 Å². The van der Waals surface area contributed by atoms with Gasteiger partial charge in [0, 0.05) is 83.9 Å². The van der Waals surface area contributed by atoms with Crippen molar-refractivity contribution in [2.24, 2.45) is 0 Å². The van der Waals surface area contributed by atoms with Gasteiger partial charge in [0.25, 0.3) is 0 Å². The number of Topliss-reactive ketones (excluding diaryl/α,β-unsaturated/α-hetero) is 2. The molecule has 0 spiro atoms. The van der Waals surface area contributed by atoms with E-state index in [0.717, 1.165) is 31.4 Å². The van der Waals surface area contributed by atoms with Gasteiger partial charge in [0.15, 0.2) is 24.8 Å². The van der Waals surface area contributed by atoms with Gasteiger partial charge in [0.1, 0.15) is 0 Å². The van der Waals surface area contributed by atoms with E-state index >= 15 is 0 Å². The molecule has 0 saturated carbocycles. The summed E-state index contributed by atoms with van der Waals surface area (Å²) in [5.74, 6) is 0.213. The molecule has 2 aromatic heterocycles. The highest BCUT2D eigenvalue weighted by molar-refractivity contribution is 9.10. The molecule has 0 fully saturated rings. The monoisotopic (exact) mass is 850 g/mol. The van der Waals surface area contributed by atoms with E-state index < -0.39 is 0 Å². The van der Waals surface area contributed by atoms with E-state index in [1.54, 1.807) is 0 Å². The summed E-state index contributed by atoms with van der Waals surface area (Å²) < 4.78 is 5.73. The Morgan fingerprint density at radius 2 is 0.791 bits per heavy atom. The van der Waals surface area contributed by atoms with Gasteiger partial charge in [-0.1, -0.05) is 56.1 Å². The van der Waals surface area contributed by atoms with Gasteiger partial charge >= 0.3 is 0 Å².